The molecule has 6 rings (SSSR count). The van der Waals surface area contributed by atoms with Crippen LogP contribution < -0.4 is 16.0 Å². The maximum Gasteiger partial charge on any atom is 0.332 e. The number of hydrogen-bond donors (Lipinski definition) is 4. The minimum absolute atomic E-state index is 0.00850. The molecule has 3 saturated heterocycles. The van der Waals surface area contributed by atoms with Crippen LogP contribution in [0.5, 0.6) is 5.75 Å². The zero-order chi connectivity index (χ0) is 32.0. The standard InChI is InChI=1S/C35H41N7O4/c1-2-17-40-23-31(44)32-28(18-24-10-12-27(43)13-11-24)34(45)41(33(26-9-6-14-36-20-26)29-21-37-15-16-38-29)22-30(32)42(40)35(46)39-19-25-7-4-3-5-8-25/h2-14,20,28-30,32-33,37-38,43H,1,15-19,21-23H2,(H,39,46). The molecule has 240 valence electrons. The lowest BCUT2D eigenvalue weighted by Crippen LogP contribution is -2.72. The fourth-order valence-electron chi connectivity index (χ4n) is 7.14. The van der Waals surface area contributed by atoms with E-state index in [1.807, 2.05) is 47.4 Å². The molecular formula is C35H41N7O4. The van der Waals surface area contributed by atoms with E-state index in [2.05, 4.69) is 27.5 Å². The third kappa shape index (κ3) is 6.67. The number of amides is 3. The van der Waals surface area contributed by atoms with Crippen LogP contribution in [0.3, 0.4) is 0 Å². The van der Waals surface area contributed by atoms with Gasteiger partial charge in [-0.3, -0.25) is 19.6 Å². The van der Waals surface area contributed by atoms with Gasteiger partial charge in [0.25, 0.3) is 0 Å². The summed E-state index contributed by atoms with van der Waals surface area (Å²) in [6.45, 7) is 6.87. The fraction of sp³-hybridized carbons (Fsp3) is 0.371. The van der Waals surface area contributed by atoms with Gasteiger partial charge in [-0.1, -0.05) is 54.6 Å². The van der Waals surface area contributed by atoms with Crippen LogP contribution in [0.1, 0.15) is 22.7 Å². The number of carbonyl (C=O) groups is 3. The van der Waals surface area contributed by atoms with Gasteiger partial charge in [-0.15, -0.1) is 6.58 Å². The molecule has 3 aliphatic rings. The van der Waals surface area contributed by atoms with Crippen LogP contribution in [-0.4, -0.2) is 94.1 Å². The molecule has 3 amide bonds. The van der Waals surface area contributed by atoms with Crippen molar-refractivity contribution < 1.29 is 19.5 Å². The number of nitrogens with zero attached hydrogens (tertiary/aromatic N) is 4. The number of nitrogens with one attached hydrogen (secondary N) is 3. The topological polar surface area (TPSA) is 130 Å². The average molecular weight is 624 g/mol. The van der Waals surface area contributed by atoms with Crippen LogP contribution in [0, 0.1) is 11.8 Å². The summed E-state index contributed by atoms with van der Waals surface area (Å²) in [6.07, 6.45) is 5.47. The summed E-state index contributed by atoms with van der Waals surface area (Å²) in [5.74, 6) is -1.52. The van der Waals surface area contributed by atoms with E-state index in [0.29, 0.717) is 26.1 Å². The molecule has 3 aliphatic heterocycles. The summed E-state index contributed by atoms with van der Waals surface area (Å²) in [6, 6.07) is 18.8. The van der Waals surface area contributed by atoms with Gasteiger partial charge >= 0.3 is 6.03 Å². The fourth-order valence-corrected chi connectivity index (χ4v) is 7.14. The summed E-state index contributed by atoms with van der Waals surface area (Å²) in [4.78, 5) is 49.1. The Bertz CT molecular complexity index is 1510. The van der Waals surface area contributed by atoms with Crippen molar-refractivity contribution in [3.8, 4) is 5.75 Å². The van der Waals surface area contributed by atoms with Crippen molar-refractivity contribution in [2.45, 2.75) is 31.1 Å². The number of pyridine rings is 1. The number of ketones is 1. The Balaban J connectivity index is 1.41. The average Bonchev–Trinajstić information content (AvgIpc) is 3.08. The highest BCUT2D eigenvalue weighted by Gasteiger charge is 2.55. The summed E-state index contributed by atoms with van der Waals surface area (Å²) < 4.78 is 0. The first-order valence-corrected chi connectivity index (χ1v) is 15.9. The number of carbonyl (C=O) groups excluding carboxylic acids is 3. The number of piperazine rings is 1. The Hall–Kier alpha value is -4.58. The summed E-state index contributed by atoms with van der Waals surface area (Å²) in [7, 11) is 0. The van der Waals surface area contributed by atoms with Crippen molar-refractivity contribution in [2.75, 3.05) is 39.3 Å². The quantitative estimate of drug-likeness (QED) is 0.267. The Labute approximate surface area is 269 Å². The van der Waals surface area contributed by atoms with Crippen molar-refractivity contribution >= 4 is 17.7 Å². The zero-order valence-corrected chi connectivity index (χ0v) is 25.8. The van der Waals surface area contributed by atoms with Crippen LogP contribution in [-0.2, 0) is 22.6 Å². The van der Waals surface area contributed by atoms with E-state index >= 15 is 0 Å². The molecule has 0 spiro atoms. The van der Waals surface area contributed by atoms with E-state index in [1.54, 1.807) is 52.8 Å². The van der Waals surface area contributed by atoms with Gasteiger partial charge in [0, 0.05) is 57.7 Å². The number of Topliss-reactive ketones (excluding diaryl/α,β-unsaturated/α-hetero) is 1. The van der Waals surface area contributed by atoms with Crippen LogP contribution in [0.4, 0.5) is 4.79 Å². The molecule has 4 N–H and O–H groups in total. The predicted octanol–water partition coefficient (Wildman–Crippen LogP) is 2.27. The molecule has 3 aromatic rings. The Morgan fingerprint density at radius 3 is 2.57 bits per heavy atom. The van der Waals surface area contributed by atoms with E-state index in [0.717, 1.165) is 29.8 Å². The van der Waals surface area contributed by atoms with E-state index in [1.165, 1.54) is 0 Å². The second-order valence-electron chi connectivity index (χ2n) is 12.1. The number of hydrogen-bond acceptors (Lipinski definition) is 8. The summed E-state index contributed by atoms with van der Waals surface area (Å²) >= 11 is 0. The third-order valence-electron chi connectivity index (χ3n) is 9.20. The number of phenols is 1. The van der Waals surface area contributed by atoms with Gasteiger partial charge in [-0.2, -0.15) is 0 Å². The molecule has 11 nitrogen and oxygen atoms in total. The van der Waals surface area contributed by atoms with Crippen molar-refractivity contribution in [2.24, 2.45) is 11.8 Å². The number of phenolic OH excluding ortho intramolecular Hbond substituents is 1. The van der Waals surface area contributed by atoms with Gasteiger partial charge < -0.3 is 26.0 Å². The molecule has 11 heteroatoms. The monoisotopic (exact) mass is 623 g/mol. The second kappa shape index (κ2) is 14.2. The summed E-state index contributed by atoms with van der Waals surface area (Å²) in [5, 5.41) is 23.4. The molecule has 0 aliphatic carbocycles. The number of aromatic hydroxyl groups is 1. The second-order valence-corrected chi connectivity index (χ2v) is 12.1. The number of likely N-dealkylation sites (tertiary alicyclic amines) is 1. The van der Waals surface area contributed by atoms with Crippen LogP contribution in [0.2, 0.25) is 0 Å². The molecular weight excluding hydrogens is 582 g/mol. The molecule has 3 fully saturated rings. The largest absolute Gasteiger partial charge is 0.508 e. The predicted molar refractivity (Wildman–Crippen MR) is 173 cm³/mol. The van der Waals surface area contributed by atoms with Gasteiger partial charge in [-0.05, 0) is 41.3 Å². The third-order valence-corrected chi connectivity index (χ3v) is 9.20. The molecule has 1 aromatic heterocycles. The maximum atomic E-state index is 14.8. The number of piperidine rings is 1. The Kier molecular flexibility index (Phi) is 9.72. The minimum Gasteiger partial charge on any atom is -0.508 e. The molecule has 5 atom stereocenters. The van der Waals surface area contributed by atoms with E-state index in [-0.39, 0.29) is 42.6 Å². The lowest BCUT2D eigenvalue weighted by Gasteiger charge is -2.54. The van der Waals surface area contributed by atoms with Gasteiger partial charge in [0.1, 0.15) is 5.75 Å². The van der Waals surface area contributed by atoms with Gasteiger partial charge in [0.15, 0.2) is 5.78 Å². The first kappa shape index (κ1) is 31.4. The molecule has 5 unspecified atom stereocenters. The highest BCUT2D eigenvalue weighted by atomic mass is 16.3. The minimum atomic E-state index is -0.721. The van der Waals surface area contributed by atoms with Gasteiger partial charge in [-0.25, -0.2) is 9.80 Å². The Morgan fingerprint density at radius 2 is 1.87 bits per heavy atom. The maximum absolute atomic E-state index is 14.8. The van der Waals surface area contributed by atoms with E-state index in [4.69, 9.17) is 0 Å². The molecule has 2 aromatic carbocycles. The number of fused-ring (bicyclic) bond motifs is 1. The number of urea groups is 1. The molecule has 0 bridgehead atoms. The van der Waals surface area contributed by atoms with Crippen molar-refractivity contribution in [1.29, 1.82) is 0 Å². The van der Waals surface area contributed by atoms with Gasteiger partial charge in [0.2, 0.25) is 5.91 Å². The number of hydrazine groups is 1. The number of benzene rings is 2. The van der Waals surface area contributed by atoms with Crippen LogP contribution >= 0.6 is 0 Å². The molecule has 4 heterocycles. The number of aromatic nitrogens is 1. The van der Waals surface area contributed by atoms with Crippen molar-refractivity contribution in [3.05, 3.63) is 108 Å². The highest BCUT2D eigenvalue weighted by molar-refractivity contribution is 5.94. The first-order valence-electron chi connectivity index (χ1n) is 15.9. The lowest BCUT2D eigenvalue weighted by molar-refractivity contribution is -0.170. The smallest absolute Gasteiger partial charge is 0.332 e. The van der Waals surface area contributed by atoms with Crippen LogP contribution in [0.15, 0.2) is 91.8 Å². The van der Waals surface area contributed by atoms with E-state index in [9.17, 15) is 19.5 Å². The SMILES string of the molecule is C=CCN1CC(=O)C2C(Cc3ccc(O)cc3)C(=O)N(C(c3cccnc3)C3CNCCN3)CC2N1C(=O)NCc1ccccc1. The molecule has 46 heavy (non-hydrogen) atoms. The highest BCUT2D eigenvalue weighted by Crippen LogP contribution is 2.40. The normalized spacial score (nSPS) is 24.3. The van der Waals surface area contributed by atoms with E-state index < -0.39 is 23.9 Å². The molecule has 0 saturated carbocycles. The first-order chi connectivity index (χ1) is 22.4. The number of rotatable bonds is 9. The Morgan fingerprint density at radius 1 is 1.07 bits per heavy atom. The zero-order valence-electron chi connectivity index (χ0n) is 25.8. The van der Waals surface area contributed by atoms with Crippen LogP contribution in [0.25, 0.3) is 0 Å². The summed E-state index contributed by atoms with van der Waals surface area (Å²) in [5.41, 5.74) is 2.66. The van der Waals surface area contributed by atoms with Crippen molar-refractivity contribution in [1.82, 2.24) is 35.9 Å². The molecule has 0 radical (unpaired) electrons. The van der Waals surface area contributed by atoms with Crippen molar-refractivity contribution in [3.63, 3.8) is 0 Å². The van der Waals surface area contributed by atoms with Gasteiger partial charge in [0.05, 0.1) is 30.5 Å². The lowest BCUT2D eigenvalue weighted by atomic mass is 9.73.